The van der Waals surface area contributed by atoms with Gasteiger partial charge in [-0.1, -0.05) is 6.92 Å². The number of hydrogen-bond donors (Lipinski definition) is 1. The smallest absolute Gasteiger partial charge is 0.480 e. The molecule has 1 heterocycles. The molecule has 0 spiro atoms. The fraction of sp³-hybridized carbons (Fsp3) is 0.857. The molecule has 1 saturated heterocycles. The van der Waals surface area contributed by atoms with Gasteiger partial charge in [-0.2, -0.15) is 17.5 Å². The van der Waals surface area contributed by atoms with Gasteiger partial charge in [0.05, 0.1) is 5.37 Å². The largest absolute Gasteiger partial charge is 0.511 e. The van der Waals surface area contributed by atoms with Gasteiger partial charge in [-0.15, -0.1) is 11.8 Å². The summed E-state index contributed by atoms with van der Waals surface area (Å²) in [7, 11) is -5.60. The number of halogens is 3. The number of rotatable bonds is 3. The predicted octanol–water partition coefficient (Wildman–Crippen LogP) is 1.07. The molecule has 5 nitrogen and oxygen atoms in total. The van der Waals surface area contributed by atoms with E-state index in [0.717, 1.165) is 11.8 Å². The lowest BCUT2D eigenvalue weighted by atomic mass is 10.3. The Bertz CT molecular complexity index is 408. The average Bonchev–Trinajstić information content (AvgIpc) is 2.59. The maximum Gasteiger partial charge on any atom is 0.511 e. The minimum absolute atomic E-state index is 0.0556. The summed E-state index contributed by atoms with van der Waals surface area (Å²) in [6, 6.07) is -1.66. The number of nitrogens with zero attached hydrogens (tertiary/aromatic N) is 1. The number of sulfonamides is 1. The summed E-state index contributed by atoms with van der Waals surface area (Å²) in [6.45, 7) is 1.50. The lowest BCUT2D eigenvalue weighted by molar-refractivity contribution is -0.140. The van der Waals surface area contributed by atoms with Gasteiger partial charge in [-0.05, 0) is 6.42 Å². The molecule has 0 radical (unpaired) electrons. The van der Waals surface area contributed by atoms with Gasteiger partial charge >= 0.3 is 21.5 Å². The van der Waals surface area contributed by atoms with Gasteiger partial charge in [0.1, 0.15) is 6.04 Å². The summed E-state index contributed by atoms with van der Waals surface area (Å²) in [5.74, 6) is -1.75. The van der Waals surface area contributed by atoms with E-state index < -0.39 is 32.9 Å². The van der Waals surface area contributed by atoms with Gasteiger partial charge in [0.25, 0.3) is 0 Å². The van der Waals surface area contributed by atoms with Gasteiger partial charge in [0.2, 0.25) is 0 Å². The first-order valence-corrected chi connectivity index (χ1v) is 7.06. The quantitative estimate of drug-likeness (QED) is 0.842. The van der Waals surface area contributed by atoms with Crippen molar-refractivity contribution in [2.75, 3.05) is 5.75 Å². The Morgan fingerprint density at radius 3 is 2.41 bits per heavy atom. The van der Waals surface area contributed by atoms with Gasteiger partial charge < -0.3 is 5.11 Å². The SMILES string of the molecule is CCC1SCC(C(=O)O)N1S(=O)(=O)C(F)(F)F. The van der Waals surface area contributed by atoms with E-state index in [9.17, 15) is 26.4 Å². The van der Waals surface area contributed by atoms with Crippen LogP contribution in [0.15, 0.2) is 0 Å². The lowest BCUT2D eigenvalue weighted by Gasteiger charge is -2.26. The van der Waals surface area contributed by atoms with Gasteiger partial charge in [0, 0.05) is 5.75 Å². The van der Waals surface area contributed by atoms with Crippen LogP contribution in [0.5, 0.6) is 0 Å². The Morgan fingerprint density at radius 1 is 1.53 bits per heavy atom. The second-order valence-corrected chi connectivity index (χ2v) is 6.38. The van der Waals surface area contributed by atoms with Crippen LogP contribution in [-0.2, 0) is 14.8 Å². The molecule has 0 aromatic rings. The first-order valence-electron chi connectivity index (χ1n) is 4.57. The average molecular weight is 293 g/mol. The molecule has 0 aromatic carbocycles. The summed E-state index contributed by atoms with van der Waals surface area (Å²) < 4.78 is 59.8. The number of carboxylic acids is 1. The molecule has 0 aromatic heterocycles. The fourth-order valence-electron chi connectivity index (χ4n) is 1.47. The molecule has 2 unspecified atom stereocenters. The molecule has 1 N–H and O–H groups in total. The molecule has 2 atom stereocenters. The molecule has 10 heteroatoms. The van der Waals surface area contributed by atoms with Crippen LogP contribution in [-0.4, -0.2) is 46.5 Å². The predicted molar refractivity (Wildman–Crippen MR) is 54.8 cm³/mol. The van der Waals surface area contributed by atoms with Crippen LogP contribution < -0.4 is 0 Å². The summed E-state index contributed by atoms with van der Waals surface area (Å²) in [5.41, 5.74) is -5.47. The van der Waals surface area contributed by atoms with Crippen LogP contribution in [0.2, 0.25) is 0 Å². The standard InChI is InChI=1S/C7H10F3NO4S2/c1-2-5-11(4(3-16-5)6(12)13)17(14,15)7(8,9)10/h4-5H,2-3H2,1H3,(H,12,13). The molecular formula is C7H10F3NO4S2. The van der Waals surface area contributed by atoms with E-state index in [0.29, 0.717) is 0 Å². The van der Waals surface area contributed by atoms with Crippen molar-refractivity contribution in [3.63, 3.8) is 0 Å². The molecule has 100 valence electrons. The Labute approximate surface area is 100 Å². The topological polar surface area (TPSA) is 74.7 Å². The van der Waals surface area contributed by atoms with E-state index in [1.165, 1.54) is 6.92 Å². The summed E-state index contributed by atoms with van der Waals surface area (Å²) in [4.78, 5) is 10.8. The highest BCUT2D eigenvalue weighted by Crippen LogP contribution is 2.39. The third-order valence-corrected chi connectivity index (χ3v) is 5.48. The van der Waals surface area contributed by atoms with E-state index in [-0.39, 0.29) is 16.5 Å². The van der Waals surface area contributed by atoms with Gasteiger partial charge in [-0.3, -0.25) is 4.79 Å². The molecule has 1 rings (SSSR count). The van der Waals surface area contributed by atoms with Crippen molar-refractivity contribution in [3.8, 4) is 0 Å². The molecule has 0 bridgehead atoms. The molecule has 0 saturated carbocycles. The number of carboxylic acid groups (broad SMARTS) is 1. The second kappa shape index (κ2) is 4.65. The van der Waals surface area contributed by atoms with Crippen LogP contribution in [0.4, 0.5) is 13.2 Å². The first kappa shape index (κ1) is 14.6. The monoisotopic (exact) mass is 293 g/mol. The molecule has 1 aliphatic rings. The fourth-order valence-corrected chi connectivity index (χ4v) is 4.52. The summed E-state index contributed by atoms with van der Waals surface area (Å²) in [5, 5.41) is 7.76. The van der Waals surface area contributed by atoms with Crippen molar-refractivity contribution < 1.29 is 31.5 Å². The molecular weight excluding hydrogens is 283 g/mol. The molecule has 1 fully saturated rings. The molecule has 17 heavy (non-hydrogen) atoms. The van der Waals surface area contributed by atoms with E-state index in [4.69, 9.17) is 5.11 Å². The minimum Gasteiger partial charge on any atom is -0.480 e. The number of carbonyl (C=O) groups is 1. The second-order valence-electron chi connectivity index (χ2n) is 3.33. The Morgan fingerprint density at radius 2 is 2.06 bits per heavy atom. The van der Waals surface area contributed by atoms with Crippen molar-refractivity contribution in [2.24, 2.45) is 0 Å². The summed E-state index contributed by atoms with van der Waals surface area (Å²) in [6.07, 6.45) is 0.115. The maximum atomic E-state index is 12.4. The third kappa shape index (κ3) is 2.52. The van der Waals surface area contributed by atoms with Crippen molar-refractivity contribution >= 4 is 27.8 Å². The van der Waals surface area contributed by atoms with Gasteiger partial charge in [0.15, 0.2) is 0 Å². The Kier molecular flexibility index (Phi) is 3.99. The Hall–Kier alpha value is -0.480. The highest BCUT2D eigenvalue weighted by molar-refractivity contribution is 8.01. The van der Waals surface area contributed by atoms with Crippen molar-refractivity contribution in [1.82, 2.24) is 4.31 Å². The van der Waals surface area contributed by atoms with Crippen LogP contribution in [0.3, 0.4) is 0 Å². The number of alkyl halides is 3. The van der Waals surface area contributed by atoms with Gasteiger partial charge in [-0.25, -0.2) is 8.42 Å². The van der Waals surface area contributed by atoms with Crippen LogP contribution in [0.25, 0.3) is 0 Å². The van der Waals surface area contributed by atoms with E-state index in [1.807, 2.05) is 0 Å². The summed E-state index contributed by atoms with van der Waals surface area (Å²) >= 11 is 0.896. The van der Waals surface area contributed by atoms with E-state index >= 15 is 0 Å². The Balaban J connectivity index is 3.18. The zero-order valence-electron chi connectivity index (χ0n) is 8.64. The van der Waals surface area contributed by atoms with Crippen LogP contribution in [0, 0.1) is 0 Å². The van der Waals surface area contributed by atoms with E-state index in [2.05, 4.69) is 0 Å². The number of thioether (sulfide) groups is 1. The van der Waals surface area contributed by atoms with E-state index in [1.54, 1.807) is 0 Å². The number of aliphatic carboxylic acids is 1. The molecule has 1 aliphatic heterocycles. The van der Waals surface area contributed by atoms with Crippen molar-refractivity contribution in [3.05, 3.63) is 0 Å². The highest BCUT2D eigenvalue weighted by Gasteiger charge is 2.57. The molecule has 0 aliphatic carbocycles. The first-order chi connectivity index (χ1) is 7.63. The lowest BCUT2D eigenvalue weighted by Crippen LogP contribution is -2.50. The molecule has 0 amide bonds. The third-order valence-electron chi connectivity index (χ3n) is 2.24. The minimum atomic E-state index is -5.60. The highest BCUT2D eigenvalue weighted by atomic mass is 32.2. The van der Waals surface area contributed by atoms with Crippen LogP contribution >= 0.6 is 11.8 Å². The normalized spacial score (nSPS) is 27.3. The van der Waals surface area contributed by atoms with Crippen molar-refractivity contribution in [2.45, 2.75) is 30.3 Å². The zero-order valence-corrected chi connectivity index (χ0v) is 10.3. The number of hydrogen-bond acceptors (Lipinski definition) is 4. The maximum absolute atomic E-state index is 12.4. The zero-order chi connectivity index (χ0) is 13.4. The van der Waals surface area contributed by atoms with Crippen LogP contribution in [0.1, 0.15) is 13.3 Å². The van der Waals surface area contributed by atoms with Crippen molar-refractivity contribution in [1.29, 1.82) is 0 Å².